The third-order valence-corrected chi connectivity index (χ3v) is 7.06. The van der Waals surface area contributed by atoms with Gasteiger partial charge in [-0.25, -0.2) is 4.98 Å². The van der Waals surface area contributed by atoms with Crippen LogP contribution in [0, 0.1) is 0 Å². The zero-order chi connectivity index (χ0) is 22.9. The molecule has 8 rings (SSSR count). The van der Waals surface area contributed by atoms with Crippen LogP contribution in [0.15, 0.2) is 120 Å². The highest BCUT2D eigenvalue weighted by atomic mass is 16.3. The molecule has 0 bridgehead atoms. The molecule has 0 aliphatic rings. The van der Waals surface area contributed by atoms with E-state index in [9.17, 15) is 0 Å². The molecule has 0 N–H and O–H groups in total. The molecule has 0 spiro atoms. The lowest BCUT2D eigenvalue weighted by molar-refractivity contribution is 0.602. The largest absolute Gasteiger partial charge is 0.443 e. The first-order chi connectivity index (χ1) is 17.4. The van der Waals surface area contributed by atoms with Crippen LogP contribution in [0.4, 0.5) is 0 Å². The molecule has 0 amide bonds. The number of para-hydroxylation sites is 3. The van der Waals surface area contributed by atoms with Gasteiger partial charge in [-0.3, -0.25) is 0 Å². The first-order valence-corrected chi connectivity index (χ1v) is 11.7. The Morgan fingerprint density at radius 3 is 2.14 bits per heavy atom. The van der Waals surface area contributed by atoms with E-state index in [1.54, 1.807) is 0 Å². The van der Waals surface area contributed by atoms with E-state index in [-0.39, 0.29) is 0 Å². The highest BCUT2D eigenvalue weighted by molar-refractivity contribution is 6.26. The third-order valence-electron chi connectivity index (χ3n) is 7.06. The van der Waals surface area contributed by atoms with E-state index in [0.29, 0.717) is 0 Å². The van der Waals surface area contributed by atoms with Crippen molar-refractivity contribution in [1.29, 1.82) is 0 Å². The summed E-state index contributed by atoms with van der Waals surface area (Å²) in [5, 5.41) is 4.97. The monoisotopic (exact) mass is 449 g/mol. The maximum atomic E-state index is 5.52. The molecule has 0 atom stereocenters. The Hall–Kier alpha value is -4.83. The highest BCUT2D eigenvalue weighted by Gasteiger charge is 2.20. The molecule has 164 valence electrons. The molecule has 4 nitrogen and oxygen atoms in total. The normalized spacial score (nSPS) is 12.0. The minimum Gasteiger partial charge on any atom is -0.443 e. The van der Waals surface area contributed by atoms with E-state index in [1.807, 2.05) is 6.07 Å². The second kappa shape index (κ2) is 6.84. The van der Waals surface area contributed by atoms with Crippen LogP contribution in [0.5, 0.6) is 0 Å². The summed E-state index contributed by atoms with van der Waals surface area (Å²) >= 11 is 0. The van der Waals surface area contributed by atoms with Crippen molar-refractivity contribution in [3.05, 3.63) is 116 Å². The second-order valence-corrected chi connectivity index (χ2v) is 8.90. The topological polar surface area (TPSA) is 35.9 Å². The minimum absolute atomic E-state index is 0.792. The Bertz CT molecular complexity index is 2060. The van der Waals surface area contributed by atoms with Crippen molar-refractivity contribution >= 4 is 54.7 Å². The van der Waals surface area contributed by atoms with Crippen molar-refractivity contribution in [2.45, 2.75) is 0 Å². The fourth-order valence-electron chi connectivity index (χ4n) is 5.62. The second-order valence-electron chi connectivity index (χ2n) is 8.90. The number of benzene rings is 5. The molecule has 0 aliphatic carbocycles. The van der Waals surface area contributed by atoms with E-state index in [0.717, 1.165) is 22.5 Å². The molecule has 4 heteroatoms. The fourth-order valence-corrected chi connectivity index (χ4v) is 5.62. The van der Waals surface area contributed by atoms with E-state index in [2.05, 4.69) is 117 Å². The maximum Gasteiger partial charge on any atom is 0.181 e. The summed E-state index contributed by atoms with van der Waals surface area (Å²) in [6.07, 6.45) is 1.51. The Morgan fingerprint density at radius 1 is 0.543 bits per heavy atom. The number of hydrogen-bond acceptors (Lipinski definition) is 2. The van der Waals surface area contributed by atoms with Crippen LogP contribution in [0.3, 0.4) is 0 Å². The SMILES string of the molecule is c1ccc(-n2c3ccccc3c3c2ccc2c4ccccc4n(-c4ccc5ocnc5c4)c23)cc1. The van der Waals surface area contributed by atoms with Crippen LogP contribution in [0.25, 0.3) is 66.1 Å². The van der Waals surface area contributed by atoms with Gasteiger partial charge in [0.25, 0.3) is 0 Å². The van der Waals surface area contributed by atoms with Gasteiger partial charge in [0.15, 0.2) is 12.0 Å². The van der Waals surface area contributed by atoms with Crippen molar-refractivity contribution < 1.29 is 4.42 Å². The quantitative estimate of drug-likeness (QED) is 0.268. The van der Waals surface area contributed by atoms with Crippen molar-refractivity contribution in [2.75, 3.05) is 0 Å². The molecule has 3 heterocycles. The standard InChI is InChI=1S/C31H19N3O/c1-2-8-20(9-3-1)33-27-13-7-5-11-24(27)30-28(33)16-15-23-22-10-4-6-12-26(22)34(31(23)30)21-14-17-29-25(18-21)32-19-35-29/h1-19H. The average molecular weight is 450 g/mol. The summed E-state index contributed by atoms with van der Waals surface area (Å²) in [5.74, 6) is 0. The van der Waals surface area contributed by atoms with Crippen LogP contribution in [-0.2, 0) is 0 Å². The van der Waals surface area contributed by atoms with Gasteiger partial charge in [0.2, 0.25) is 0 Å². The van der Waals surface area contributed by atoms with Crippen molar-refractivity contribution in [3.63, 3.8) is 0 Å². The summed E-state index contributed by atoms with van der Waals surface area (Å²) < 4.78 is 10.3. The number of rotatable bonds is 2. The van der Waals surface area contributed by atoms with Gasteiger partial charge in [0.05, 0.1) is 22.1 Å². The number of oxazole rings is 1. The zero-order valence-corrected chi connectivity index (χ0v) is 18.7. The smallest absolute Gasteiger partial charge is 0.181 e. The first-order valence-electron chi connectivity index (χ1n) is 11.7. The van der Waals surface area contributed by atoms with Gasteiger partial charge in [-0.15, -0.1) is 0 Å². The highest BCUT2D eigenvalue weighted by Crippen LogP contribution is 2.41. The Labute approximate surface area is 200 Å². The summed E-state index contributed by atoms with van der Waals surface area (Å²) in [4.78, 5) is 4.42. The predicted molar refractivity (Wildman–Crippen MR) is 143 cm³/mol. The fraction of sp³-hybridized carbons (Fsp3) is 0. The molecule has 0 aliphatic heterocycles. The van der Waals surface area contributed by atoms with E-state index in [1.165, 1.54) is 50.0 Å². The molecule has 0 radical (unpaired) electrons. The molecule has 0 fully saturated rings. The van der Waals surface area contributed by atoms with Crippen LogP contribution >= 0.6 is 0 Å². The third kappa shape index (κ3) is 2.48. The zero-order valence-electron chi connectivity index (χ0n) is 18.7. The molecule has 5 aromatic carbocycles. The van der Waals surface area contributed by atoms with Gasteiger partial charge >= 0.3 is 0 Å². The summed E-state index contributed by atoms with van der Waals surface area (Å²) in [5.41, 5.74) is 8.65. The molecule has 0 saturated carbocycles. The van der Waals surface area contributed by atoms with Crippen molar-refractivity contribution in [3.8, 4) is 11.4 Å². The van der Waals surface area contributed by atoms with E-state index >= 15 is 0 Å². The number of hydrogen-bond donors (Lipinski definition) is 0. The lowest BCUT2D eigenvalue weighted by Gasteiger charge is -2.10. The van der Waals surface area contributed by atoms with Gasteiger partial charge in [-0.2, -0.15) is 0 Å². The van der Waals surface area contributed by atoms with Crippen LogP contribution in [0.1, 0.15) is 0 Å². The Balaban J connectivity index is 1.62. The molecule has 3 aromatic heterocycles. The average Bonchev–Trinajstić information content (AvgIpc) is 3.60. The van der Waals surface area contributed by atoms with Gasteiger partial charge in [-0.1, -0.05) is 60.7 Å². The van der Waals surface area contributed by atoms with Crippen LogP contribution < -0.4 is 0 Å². The molecule has 0 saturated heterocycles. The van der Waals surface area contributed by atoms with Gasteiger partial charge in [0.1, 0.15) is 5.52 Å². The molecular weight excluding hydrogens is 430 g/mol. The molecule has 8 aromatic rings. The van der Waals surface area contributed by atoms with E-state index in [4.69, 9.17) is 4.42 Å². The number of aromatic nitrogens is 3. The predicted octanol–water partition coefficient (Wildman–Crippen LogP) is 8.02. The maximum absolute atomic E-state index is 5.52. The van der Waals surface area contributed by atoms with Gasteiger partial charge in [0, 0.05) is 32.9 Å². The summed E-state index contributed by atoms with van der Waals surface area (Å²) in [6.45, 7) is 0. The molecule has 35 heavy (non-hydrogen) atoms. The lowest BCUT2D eigenvalue weighted by atomic mass is 10.1. The Morgan fingerprint density at radius 2 is 1.29 bits per heavy atom. The van der Waals surface area contributed by atoms with E-state index < -0.39 is 0 Å². The van der Waals surface area contributed by atoms with Crippen molar-refractivity contribution in [2.24, 2.45) is 0 Å². The van der Waals surface area contributed by atoms with Gasteiger partial charge < -0.3 is 13.6 Å². The summed E-state index contributed by atoms with van der Waals surface area (Å²) in [6, 6.07) is 38.7. The molecule has 0 unspecified atom stereocenters. The minimum atomic E-state index is 0.792. The Kier molecular flexibility index (Phi) is 3.63. The van der Waals surface area contributed by atoms with Crippen LogP contribution in [0.2, 0.25) is 0 Å². The molecular formula is C31H19N3O. The van der Waals surface area contributed by atoms with Crippen LogP contribution in [-0.4, -0.2) is 14.1 Å². The number of nitrogens with zero attached hydrogens (tertiary/aromatic N) is 3. The first kappa shape index (κ1) is 18.6. The van der Waals surface area contributed by atoms with Crippen molar-refractivity contribution in [1.82, 2.24) is 14.1 Å². The van der Waals surface area contributed by atoms with Gasteiger partial charge in [-0.05, 0) is 48.5 Å². The lowest BCUT2D eigenvalue weighted by Crippen LogP contribution is -1.95. The number of fused-ring (bicyclic) bond motifs is 8. The summed E-state index contributed by atoms with van der Waals surface area (Å²) in [7, 11) is 0.